The topological polar surface area (TPSA) is 70.2 Å². The Labute approximate surface area is 102 Å². The van der Waals surface area contributed by atoms with Crippen molar-refractivity contribution in [1.82, 2.24) is 4.98 Å². The van der Waals surface area contributed by atoms with Gasteiger partial charge in [0, 0.05) is 11.6 Å². The minimum atomic E-state index is -4.90. The van der Waals surface area contributed by atoms with Gasteiger partial charge in [-0.2, -0.15) is 13.2 Å². The normalized spacial score (nSPS) is 11.8. The molecule has 100 valence electrons. The monoisotopic (exact) mass is 275 g/mol. The molecule has 0 saturated carbocycles. The van der Waals surface area contributed by atoms with Crippen LogP contribution in [0.3, 0.4) is 0 Å². The molecule has 0 bridgehead atoms. The van der Waals surface area contributed by atoms with Gasteiger partial charge in [-0.15, -0.1) is 0 Å². The molecule has 19 heavy (non-hydrogen) atoms. The molecule has 2 aromatic rings. The molecule has 0 radical (unpaired) electrons. The Balaban J connectivity index is 2.85. The molecule has 2 N–H and O–H groups in total. The number of fused-ring (bicyclic) bond motifs is 1. The number of aromatic amines is 1. The van der Waals surface area contributed by atoms with Gasteiger partial charge in [-0.3, -0.25) is 4.79 Å². The summed E-state index contributed by atoms with van der Waals surface area (Å²) in [6, 6.07) is 1.14. The fourth-order valence-corrected chi connectivity index (χ4v) is 1.64. The van der Waals surface area contributed by atoms with Gasteiger partial charge >= 0.3 is 12.1 Å². The summed E-state index contributed by atoms with van der Waals surface area (Å²) in [5.41, 5.74) is -3.93. The van der Waals surface area contributed by atoms with E-state index in [9.17, 15) is 27.2 Å². The number of alkyl halides is 3. The molecule has 0 atom stereocenters. The lowest BCUT2D eigenvalue weighted by Crippen LogP contribution is -2.17. The number of pyridine rings is 1. The molecule has 2 rings (SSSR count). The molecule has 8 heteroatoms. The second kappa shape index (κ2) is 4.08. The lowest BCUT2D eigenvalue weighted by molar-refractivity contribution is -0.139. The van der Waals surface area contributed by atoms with E-state index in [0.29, 0.717) is 12.3 Å². The number of nitrogens with one attached hydrogen (secondary N) is 1. The first-order valence-corrected chi connectivity index (χ1v) is 4.88. The Morgan fingerprint density at radius 1 is 1.26 bits per heavy atom. The molecule has 0 saturated heterocycles. The van der Waals surface area contributed by atoms with Crippen molar-refractivity contribution < 1.29 is 27.5 Å². The largest absolute Gasteiger partial charge is 0.477 e. The van der Waals surface area contributed by atoms with E-state index in [1.165, 1.54) is 0 Å². The molecular weight excluding hydrogens is 270 g/mol. The van der Waals surface area contributed by atoms with Gasteiger partial charge in [-0.1, -0.05) is 0 Å². The lowest BCUT2D eigenvalue weighted by Gasteiger charge is -2.09. The van der Waals surface area contributed by atoms with Crippen molar-refractivity contribution in [3.05, 3.63) is 45.5 Å². The Morgan fingerprint density at radius 2 is 1.89 bits per heavy atom. The predicted octanol–water partition coefficient (Wildman–Crippen LogP) is 2.38. The summed E-state index contributed by atoms with van der Waals surface area (Å²) in [5.74, 6) is -3.19. The Morgan fingerprint density at radius 3 is 2.42 bits per heavy atom. The zero-order chi connectivity index (χ0) is 14.4. The van der Waals surface area contributed by atoms with Gasteiger partial charge in [0.1, 0.15) is 5.56 Å². The van der Waals surface area contributed by atoms with Crippen LogP contribution in [0.2, 0.25) is 0 Å². The van der Waals surface area contributed by atoms with Crippen molar-refractivity contribution in [3.63, 3.8) is 0 Å². The van der Waals surface area contributed by atoms with Crippen LogP contribution in [-0.4, -0.2) is 16.1 Å². The van der Waals surface area contributed by atoms with E-state index in [1.54, 1.807) is 0 Å². The first-order valence-electron chi connectivity index (χ1n) is 4.88. The minimum absolute atomic E-state index is 0.401. The van der Waals surface area contributed by atoms with Gasteiger partial charge in [0.15, 0.2) is 5.82 Å². The summed E-state index contributed by atoms with van der Waals surface area (Å²) in [6.07, 6.45) is -4.24. The fraction of sp³-hybridized carbons (Fsp3) is 0.0909. The molecule has 0 unspecified atom stereocenters. The highest BCUT2D eigenvalue weighted by molar-refractivity contribution is 5.92. The van der Waals surface area contributed by atoms with Crippen LogP contribution in [0.5, 0.6) is 0 Å². The minimum Gasteiger partial charge on any atom is -0.477 e. The molecule has 0 aliphatic carbocycles. The molecule has 0 spiro atoms. The van der Waals surface area contributed by atoms with E-state index >= 15 is 0 Å². The first-order chi connectivity index (χ1) is 8.73. The standard InChI is InChI=1S/C11H5F4NO3/c12-7-6(11(13,14)15)2-1-4-8(7)16-3-5(9(4)17)10(18)19/h1-3H,(H,16,17)(H,18,19). The molecule has 0 aliphatic rings. The van der Waals surface area contributed by atoms with E-state index < -0.39 is 45.4 Å². The second-order valence-electron chi connectivity index (χ2n) is 3.68. The van der Waals surface area contributed by atoms with Gasteiger partial charge < -0.3 is 10.1 Å². The summed E-state index contributed by atoms with van der Waals surface area (Å²) in [5, 5.41) is 8.23. The number of carboxylic acids is 1. The van der Waals surface area contributed by atoms with Crippen molar-refractivity contribution in [1.29, 1.82) is 0 Å². The molecule has 1 aromatic carbocycles. The molecule has 4 nitrogen and oxygen atoms in total. The van der Waals surface area contributed by atoms with Crippen LogP contribution in [0.4, 0.5) is 17.6 Å². The number of hydrogen-bond donors (Lipinski definition) is 2. The van der Waals surface area contributed by atoms with Crippen LogP contribution in [0.15, 0.2) is 23.1 Å². The number of aromatic nitrogens is 1. The maximum Gasteiger partial charge on any atom is 0.419 e. The second-order valence-corrected chi connectivity index (χ2v) is 3.68. The number of carbonyl (C=O) groups is 1. The summed E-state index contributed by atoms with van der Waals surface area (Å²) in [4.78, 5) is 24.4. The van der Waals surface area contributed by atoms with Crippen LogP contribution in [-0.2, 0) is 6.18 Å². The maximum absolute atomic E-state index is 13.6. The number of halogens is 4. The molecule has 0 amide bonds. The van der Waals surface area contributed by atoms with Crippen LogP contribution in [0.1, 0.15) is 15.9 Å². The average molecular weight is 275 g/mol. The highest BCUT2D eigenvalue weighted by Gasteiger charge is 2.35. The number of hydrogen-bond acceptors (Lipinski definition) is 2. The van der Waals surface area contributed by atoms with Crippen molar-refractivity contribution in [2.24, 2.45) is 0 Å². The van der Waals surface area contributed by atoms with Crippen molar-refractivity contribution in [3.8, 4) is 0 Å². The van der Waals surface area contributed by atoms with E-state index in [1.807, 2.05) is 0 Å². The van der Waals surface area contributed by atoms with E-state index in [0.717, 1.165) is 6.07 Å². The number of H-pyrrole nitrogens is 1. The lowest BCUT2D eigenvalue weighted by atomic mass is 10.1. The van der Waals surface area contributed by atoms with Crippen LogP contribution < -0.4 is 5.43 Å². The third-order valence-corrected chi connectivity index (χ3v) is 2.53. The van der Waals surface area contributed by atoms with Crippen molar-refractivity contribution >= 4 is 16.9 Å². The van der Waals surface area contributed by atoms with Crippen LogP contribution >= 0.6 is 0 Å². The average Bonchev–Trinajstić information content (AvgIpc) is 2.28. The fourth-order valence-electron chi connectivity index (χ4n) is 1.64. The smallest absolute Gasteiger partial charge is 0.419 e. The molecule has 0 fully saturated rings. The van der Waals surface area contributed by atoms with E-state index in [2.05, 4.69) is 4.98 Å². The summed E-state index contributed by atoms with van der Waals surface area (Å²) >= 11 is 0. The number of rotatable bonds is 1. The number of aromatic carboxylic acids is 1. The number of benzene rings is 1. The Kier molecular flexibility index (Phi) is 2.80. The van der Waals surface area contributed by atoms with Crippen molar-refractivity contribution in [2.45, 2.75) is 6.18 Å². The van der Waals surface area contributed by atoms with Crippen LogP contribution in [0, 0.1) is 5.82 Å². The van der Waals surface area contributed by atoms with Gasteiger partial charge in [-0.05, 0) is 12.1 Å². The molecule has 1 heterocycles. The zero-order valence-corrected chi connectivity index (χ0v) is 9.01. The van der Waals surface area contributed by atoms with Gasteiger partial charge in [0.2, 0.25) is 5.43 Å². The predicted molar refractivity (Wildman–Crippen MR) is 56.5 cm³/mol. The third-order valence-electron chi connectivity index (χ3n) is 2.53. The first kappa shape index (κ1) is 13.1. The summed E-state index contributed by atoms with van der Waals surface area (Å²) < 4.78 is 51.0. The Hall–Kier alpha value is -2.38. The number of carboxylic acid groups (broad SMARTS) is 1. The van der Waals surface area contributed by atoms with Crippen LogP contribution in [0.25, 0.3) is 10.9 Å². The highest BCUT2D eigenvalue weighted by Crippen LogP contribution is 2.33. The van der Waals surface area contributed by atoms with Gasteiger partial charge in [0.25, 0.3) is 0 Å². The third kappa shape index (κ3) is 2.05. The molecule has 1 aromatic heterocycles. The quantitative estimate of drug-likeness (QED) is 0.785. The van der Waals surface area contributed by atoms with Gasteiger partial charge in [-0.25, -0.2) is 9.18 Å². The zero-order valence-electron chi connectivity index (χ0n) is 9.01. The molecule has 0 aliphatic heterocycles. The summed E-state index contributed by atoms with van der Waals surface area (Å²) in [6.45, 7) is 0. The van der Waals surface area contributed by atoms with Gasteiger partial charge in [0.05, 0.1) is 11.1 Å². The van der Waals surface area contributed by atoms with E-state index in [-0.39, 0.29) is 0 Å². The highest BCUT2D eigenvalue weighted by atomic mass is 19.4. The van der Waals surface area contributed by atoms with Crippen molar-refractivity contribution in [2.75, 3.05) is 0 Å². The Bertz CT molecular complexity index is 733. The maximum atomic E-state index is 13.6. The molecular formula is C11H5F4NO3. The SMILES string of the molecule is O=C(O)c1c[nH]c2c(F)c(C(F)(F)F)ccc2c1=O. The van der Waals surface area contributed by atoms with E-state index in [4.69, 9.17) is 5.11 Å². The summed E-state index contributed by atoms with van der Waals surface area (Å²) in [7, 11) is 0.